The van der Waals surface area contributed by atoms with Crippen LogP contribution in [0.15, 0.2) is 9.72 Å². The number of hydrogen-bond acceptors (Lipinski definition) is 5. The van der Waals surface area contributed by atoms with Crippen LogP contribution in [0.25, 0.3) is 0 Å². The topological polar surface area (TPSA) is 87.6 Å². The zero-order valence-electron chi connectivity index (χ0n) is 11.5. The summed E-state index contributed by atoms with van der Waals surface area (Å²) in [6.07, 6.45) is 0. The molecule has 1 aromatic heterocycles. The lowest BCUT2D eigenvalue weighted by Crippen LogP contribution is -2.43. The third kappa shape index (κ3) is 3.13. The molecule has 19 heavy (non-hydrogen) atoms. The molecule has 1 N–H and O–H groups in total. The van der Waals surface area contributed by atoms with Crippen LogP contribution in [0.1, 0.15) is 38.2 Å². The maximum absolute atomic E-state index is 12.4. The highest BCUT2D eigenvalue weighted by Crippen LogP contribution is 2.30. The van der Waals surface area contributed by atoms with E-state index < -0.39 is 21.7 Å². The Kier molecular flexibility index (Phi) is 4.38. The first-order chi connectivity index (χ1) is 8.49. The van der Waals surface area contributed by atoms with E-state index in [4.69, 9.17) is 5.11 Å². The average molecular weight is 306 g/mol. The average Bonchev–Trinajstić information content (AvgIpc) is 2.75. The summed E-state index contributed by atoms with van der Waals surface area (Å²) in [5.41, 5.74) is 0.555. The predicted molar refractivity (Wildman–Crippen MR) is 72.9 cm³/mol. The van der Waals surface area contributed by atoms with E-state index in [0.717, 1.165) is 11.3 Å². The van der Waals surface area contributed by atoms with Gasteiger partial charge >= 0.3 is 5.97 Å². The van der Waals surface area contributed by atoms with Gasteiger partial charge in [-0.2, -0.15) is 4.31 Å². The van der Waals surface area contributed by atoms with Crippen LogP contribution in [0.3, 0.4) is 0 Å². The molecule has 108 valence electrons. The van der Waals surface area contributed by atoms with Gasteiger partial charge in [-0.25, -0.2) is 18.2 Å². The van der Waals surface area contributed by atoms with Crippen molar-refractivity contribution >= 4 is 27.3 Å². The van der Waals surface area contributed by atoms with Crippen molar-refractivity contribution in [2.24, 2.45) is 5.41 Å². The fourth-order valence-corrected chi connectivity index (χ4v) is 4.30. The van der Waals surface area contributed by atoms with Gasteiger partial charge in [0.1, 0.15) is 0 Å². The summed E-state index contributed by atoms with van der Waals surface area (Å²) in [4.78, 5) is 14.6. The lowest BCUT2D eigenvalue weighted by atomic mass is 9.88. The van der Waals surface area contributed by atoms with Crippen molar-refractivity contribution in [2.45, 2.75) is 37.9 Å². The van der Waals surface area contributed by atoms with E-state index in [1.165, 1.54) is 16.9 Å². The molecular formula is C11H18N2O4S2. The smallest absolute Gasteiger partial charge is 0.356 e. The largest absolute Gasteiger partial charge is 0.476 e. The monoisotopic (exact) mass is 306 g/mol. The number of nitrogens with zero attached hydrogens (tertiary/aromatic N) is 2. The molecular weight excluding hydrogens is 288 g/mol. The van der Waals surface area contributed by atoms with Crippen LogP contribution >= 0.6 is 11.3 Å². The molecule has 0 bridgehead atoms. The minimum Gasteiger partial charge on any atom is -0.476 e. The number of aromatic nitrogens is 1. The lowest BCUT2D eigenvalue weighted by Gasteiger charge is -2.34. The number of carboxylic acids is 1. The summed E-state index contributed by atoms with van der Waals surface area (Å²) in [5.74, 6) is -1.34. The van der Waals surface area contributed by atoms with E-state index in [-0.39, 0.29) is 15.7 Å². The van der Waals surface area contributed by atoms with E-state index >= 15 is 0 Å². The summed E-state index contributed by atoms with van der Waals surface area (Å²) in [6.45, 7) is 7.57. The first-order valence-electron chi connectivity index (χ1n) is 5.64. The van der Waals surface area contributed by atoms with Gasteiger partial charge in [-0.15, -0.1) is 11.3 Å². The summed E-state index contributed by atoms with van der Waals surface area (Å²) in [7, 11) is -2.39. The molecule has 0 saturated carbocycles. The first-order valence-corrected chi connectivity index (χ1v) is 7.96. The van der Waals surface area contributed by atoms with Crippen LogP contribution in [0.5, 0.6) is 0 Å². The van der Waals surface area contributed by atoms with Crippen molar-refractivity contribution in [3.8, 4) is 0 Å². The Bertz CT molecular complexity index is 572. The third-order valence-electron chi connectivity index (χ3n) is 3.15. The van der Waals surface area contributed by atoms with Crippen molar-refractivity contribution in [2.75, 3.05) is 7.05 Å². The van der Waals surface area contributed by atoms with Crippen molar-refractivity contribution in [3.05, 3.63) is 11.2 Å². The lowest BCUT2D eigenvalue weighted by molar-refractivity contribution is 0.0687. The number of carbonyl (C=O) groups is 1. The van der Waals surface area contributed by atoms with E-state index in [0.29, 0.717) is 0 Å². The van der Waals surface area contributed by atoms with Crippen LogP contribution < -0.4 is 0 Å². The molecule has 0 aliphatic carbocycles. The van der Waals surface area contributed by atoms with Crippen LogP contribution in [0, 0.1) is 5.41 Å². The summed E-state index contributed by atoms with van der Waals surface area (Å²) in [6, 6.07) is -0.277. The zero-order valence-corrected chi connectivity index (χ0v) is 13.2. The summed E-state index contributed by atoms with van der Waals surface area (Å²) < 4.78 is 25.9. The van der Waals surface area contributed by atoms with Crippen LogP contribution in [-0.2, 0) is 10.0 Å². The maximum atomic E-state index is 12.4. The van der Waals surface area contributed by atoms with Crippen molar-refractivity contribution in [1.82, 2.24) is 9.29 Å². The minimum absolute atomic E-state index is 0.224. The Morgan fingerprint density at radius 2 is 2.00 bits per heavy atom. The Morgan fingerprint density at radius 1 is 1.47 bits per heavy atom. The third-order valence-corrected chi connectivity index (χ3v) is 6.42. The van der Waals surface area contributed by atoms with E-state index in [1.54, 1.807) is 6.92 Å². The van der Waals surface area contributed by atoms with Gasteiger partial charge in [0.05, 0.1) is 5.51 Å². The Balaban J connectivity index is 3.25. The van der Waals surface area contributed by atoms with Crippen molar-refractivity contribution in [1.29, 1.82) is 0 Å². The van der Waals surface area contributed by atoms with Gasteiger partial charge in [0.25, 0.3) is 10.0 Å². The Labute approximate surface area is 117 Å². The molecule has 0 fully saturated rings. The first kappa shape index (κ1) is 16.1. The van der Waals surface area contributed by atoms with Gasteiger partial charge in [-0.05, 0) is 12.3 Å². The second-order valence-corrected chi connectivity index (χ2v) is 8.40. The highest BCUT2D eigenvalue weighted by molar-refractivity contribution is 7.91. The van der Waals surface area contributed by atoms with E-state index in [2.05, 4.69) is 4.98 Å². The summed E-state index contributed by atoms with van der Waals surface area (Å²) >= 11 is 0.820. The van der Waals surface area contributed by atoms with Gasteiger partial charge in [0.2, 0.25) is 0 Å². The molecule has 0 aliphatic heterocycles. The predicted octanol–water partition coefficient (Wildman–Crippen LogP) is 1.90. The Hall–Kier alpha value is -0.990. The molecule has 1 rings (SSSR count). The second kappa shape index (κ2) is 5.18. The standard InChI is InChI=1S/C11H18N2O4S2/c1-7(11(2,3)4)13(5)19(16,17)10-8(9(14)15)12-6-18-10/h6-7H,1-5H3,(H,14,15). The molecule has 0 spiro atoms. The number of sulfonamides is 1. The number of rotatable bonds is 4. The molecule has 0 amide bonds. The van der Waals surface area contributed by atoms with Crippen LogP contribution in [0.4, 0.5) is 0 Å². The SMILES string of the molecule is CC(N(C)S(=O)(=O)c1scnc1C(=O)O)C(C)(C)C. The quantitative estimate of drug-likeness (QED) is 0.918. The number of thiazole rings is 1. The number of carboxylic acid groups (broad SMARTS) is 1. The van der Waals surface area contributed by atoms with Gasteiger partial charge in [0.15, 0.2) is 9.90 Å². The maximum Gasteiger partial charge on any atom is 0.356 e. The Morgan fingerprint density at radius 3 is 2.42 bits per heavy atom. The number of hydrogen-bond donors (Lipinski definition) is 1. The molecule has 1 heterocycles. The number of aromatic carboxylic acids is 1. The van der Waals surface area contributed by atoms with E-state index in [9.17, 15) is 13.2 Å². The molecule has 6 nitrogen and oxygen atoms in total. The molecule has 0 aliphatic rings. The van der Waals surface area contributed by atoms with Crippen LogP contribution in [-0.4, -0.2) is 41.9 Å². The normalized spacial score (nSPS) is 14.6. The molecule has 1 atom stereocenters. The van der Waals surface area contributed by atoms with Crippen LogP contribution in [0.2, 0.25) is 0 Å². The highest BCUT2D eigenvalue weighted by atomic mass is 32.2. The molecule has 1 aromatic rings. The second-order valence-electron chi connectivity index (χ2n) is 5.36. The molecule has 8 heteroatoms. The van der Waals surface area contributed by atoms with E-state index in [1.807, 2.05) is 20.8 Å². The van der Waals surface area contributed by atoms with Gasteiger partial charge in [0, 0.05) is 13.1 Å². The molecule has 1 unspecified atom stereocenters. The molecule has 0 radical (unpaired) electrons. The minimum atomic E-state index is -3.85. The van der Waals surface area contributed by atoms with Gasteiger partial charge < -0.3 is 5.11 Å². The molecule has 0 aromatic carbocycles. The van der Waals surface area contributed by atoms with Gasteiger partial charge in [-0.1, -0.05) is 20.8 Å². The molecule has 0 saturated heterocycles. The van der Waals surface area contributed by atoms with Gasteiger partial charge in [-0.3, -0.25) is 0 Å². The van der Waals surface area contributed by atoms with Crippen molar-refractivity contribution < 1.29 is 18.3 Å². The highest BCUT2D eigenvalue weighted by Gasteiger charge is 2.36. The fraction of sp³-hybridized carbons (Fsp3) is 0.636. The summed E-state index contributed by atoms with van der Waals surface area (Å²) in [5, 5.41) is 8.96. The van der Waals surface area contributed by atoms with Crippen molar-refractivity contribution in [3.63, 3.8) is 0 Å². The zero-order chi connectivity index (χ0) is 15.0. The fourth-order valence-electron chi connectivity index (χ4n) is 1.45.